The minimum absolute atomic E-state index is 0.125. The highest BCUT2D eigenvalue weighted by atomic mass is 16.3. The van der Waals surface area contributed by atoms with Crippen LogP contribution in [0.4, 0.5) is 5.69 Å². The normalized spacial score (nSPS) is 10.5. The molecule has 2 rings (SSSR count). The number of hydrogen-bond donors (Lipinski definition) is 1. The molecule has 0 bridgehead atoms. The highest BCUT2D eigenvalue weighted by molar-refractivity contribution is 5.89. The number of anilines is 1. The van der Waals surface area contributed by atoms with Gasteiger partial charge in [-0.05, 0) is 12.1 Å². The zero-order valence-corrected chi connectivity index (χ0v) is 8.59. The maximum atomic E-state index is 8.89. The van der Waals surface area contributed by atoms with E-state index in [0.29, 0.717) is 6.54 Å². The summed E-state index contributed by atoms with van der Waals surface area (Å²) in [5.74, 6) is 0. The molecule has 0 saturated heterocycles. The van der Waals surface area contributed by atoms with Crippen LogP contribution in [-0.4, -0.2) is 35.3 Å². The second-order valence-electron chi connectivity index (χ2n) is 3.38. The number of rotatable bonds is 3. The van der Waals surface area contributed by atoms with Crippen molar-refractivity contribution in [1.82, 2.24) is 9.97 Å². The van der Waals surface area contributed by atoms with E-state index in [2.05, 4.69) is 9.97 Å². The Kier molecular flexibility index (Phi) is 2.78. The molecule has 0 aliphatic carbocycles. The van der Waals surface area contributed by atoms with Gasteiger partial charge in [0.15, 0.2) is 0 Å². The summed E-state index contributed by atoms with van der Waals surface area (Å²) < 4.78 is 0. The zero-order chi connectivity index (χ0) is 10.7. The lowest BCUT2D eigenvalue weighted by Gasteiger charge is -2.18. The van der Waals surface area contributed by atoms with Gasteiger partial charge in [-0.2, -0.15) is 0 Å². The van der Waals surface area contributed by atoms with Gasteiger partial charge in [-0.15, -0.1) is 0 Å². The Labute approximate surface area is 88.2 Å². The Morgan fingerprint density at radius 2 is 2.27 bits per heavy atom. The molecule has 0 aliphatic heterocycles. The quantitative estimate of drug-likeness (QED) is 0.810. The molecule has 78 valence electrons. The van der Waals surface area contributed by atoms with Crippen LogP contribution in [0.5, 0.6) is 0 Å². The molecule has 2 aromatic rings. The Morgan fingerprint density at radius 3 is 3.07 bits per heavy atom. The largest absolute Gasteiger partial charge is 0.395 e. The average Bonchev–Trinajstić information content (AvgIpc) is 2.28. The second-order valence-corrected chi connectivity index (χ2v) is 3.38. The molecule has 0 fully saturated rings. The van der Waals surface area contributed by atoms with Crippen LogP contribution in [0.2, 0.25) is 0 Å². The molecule has 0 atom stereocenters. The predicted molar refractivity (Wildman–Crippen MR) is 59.9 cm³/mol. The van der Waals surface area contributed by atoms with Gasteiger partial charge in [0.25, 0.3) is 0 Å². The molecule has 1 N–H and O–H groups in total. The summed E-state index contributed by atoms with van der Waals surface area (Å²) in [5, 5.41) is 9.90. The van der Waals surface area contributed by atoms with Gasteiger partial charge < -0.3 is 10.0 Å². The van der Waals surface area contributed by atoms with E-state index in [4.69, 9.17) is 5.11 Å². The van der Waals surface area contributed by atoms with Gasteiger partial charge >= 0.3 is 0 Å². The van der Waals surface area contributed by atoms with E-state index in [1.165, 1.54) is 0 Å². The summed E-state index contributed by atoms with van der Waals surface area (Å²) in [7, 11) is 1.92. The van der Waals surface area contributed by atoms with Gasteiger partial charge in [-0.1, -0.05) is 0 Å². The maximum Gasteiger partial charge on any atom is 0.0966 e. The lowest BCUT2D eigenvalue weighted by Crippen LogP contribution is -2.21. The fraction of sp³-hybridized carbons (Fsp3) is 0.273. The molecular formula is C11H13N3O. The lowest BCUT2D eigenvalue weighted by molar-refractivity contribution is 0.304. The number of likely N-dealkylation sites (N-methyl/N-ethyl adjacent to an activating group) is 1. The number of nitrogens with zero attached hydrogens (tertiary/aromatic N) is 3. The first-order valence-electron chi connectivity index (χ1n) is 4.83. The van der Waals surface area contributed by atoms with Crippen LogP contribution in [0.15, 0.2) is 30.7 Å². The van der Waals surface area contributed by atoms with Crippen LogP contribution in [0, 0.1) is 0 Å². The molecule has 0 spiro atoms. The third kappa shape index (κ3) is 1.89. The standard InChI is InChI=1S/C11H13N3O/c1-14(5-6-15)10-8-12-7-9-3-2-4-13-11(9)10/h2-4,7-8,15H,5-6H2,1H3. The number of aromatic nitrogens is 2. The minimum atomic E-state index is 0.125. The van der Waals surface area contributed by atoms with Crippen LogP contribution in [0.3, 0.4) is 0 Å². The van der Waals surface area contributed by atoms with Crippen molar-refractivity contribution in [3.05, 3.63) is 30.7 Å². The average molecular weight is 203 g/mol. The predicted octanol–water partition coefficient (Wildman–Crippen LogP) is 1.06. The molecule has 2 heterocycles. The molecular weight excluding hydrogens is 190 g/mol. The third-order valence-corrected chi connectivity index (χ3v) is 2.34. The molecule has 0 saturated carbocycles. The monoisotopic (exact) mass is 203 g/mol. The number of hydrogen-bond acceptors (Lipinski definition) is 4. The molecule has 0 amide bonds. The molecule has 0 radical (unpaired) electrons. The van der Waals surface area contributed by atoms with E-state index in [0.717, 1.165) is 16.6 Å². The molecule has 0 aliphatic rings. The van der Waals surface area contributed by atoms with Crippen molar-refractivity contribution in [2.24, 2.45) is 0 Å². The van der Waals surface area contributed by atoms with Gasteiger partial charge in [-0.3, -0.25) is 9.97 Å². The van der Waals surface area contributed by atoms with Crippen molar-refractivity contribution < 1.29 is 5.11 Å². The first kappa shape index (κ1) is 9.86. The van der Waals surface area contributed by atoms with Crippen LogP contribution >= 0.6 is 0 Å². The van der Waals surface area contributed by atoms with Crippen molar-refractivity contribution in [1.29, 1.82) is 0 Å². The fourth-order valence-electron chi connectivity index (χ4n) is 1.54. The Bertz CT molecular complexity index is 453. The van der Waals surface area contributed by atoms with Crippen LogP contribution < -0.4 is 4.90 Å². The van der Waals surface area contributed by atoms with E-state index in [9.17, 15) is 0 Å². The summed E-state index contributed by atoms with van der Waals surface area (Å²) >= 11 is 0. The molecule has 4 nitrogen and oxygen atoms in total. The summed E-state index contributed by atoms with van der Waals surface area (Å²) in [5.41, 5.74) is 1.87. The van der Waals surface area contributed by atoms with Gasteiger partial charge in [0.2, 0.25) is 0 Å². The molecule has 0 unspecified atom stereocenters. The van der Waals surface area contributed by atoms with E-state index in [1.54, 1.807) is 18.6 Å². The maximum absolute atomic E-state index is 8.89. The van der Waals surface area contributed by atoms with Gasteiger partial charge in [-0.25, -0.2) is 0 Å². The highest BCUT2D eigenvalue weighted by Crippen LogP contribution is 2.21. The van der Waals surface area contributed by atoms with Crippen molar-refractivity contribution in [3.8, 4) is 0 Å². The minimum Gasteiger partial charge on any atom is -0.395 e. The summed E-state index contributed by atoms with van der Waals surface area (Å²) in [4.78, 5) is 10.4. The Hall–Kier alpha value is -1.68. The van der Waals surface area contributed by atoms with Crippen molar-refractivity contribution >= 4 is 16.6 Å². The zero-order valence-electron chi connectivity index (χ0n) is 8.59. The number of aliphatic hydroxyl groups is 1. The lowest BCUT2D eigenvalue weighted by atomic mass is 10.2. The Morgan fingerprint density at radius 1 is 1.40 bits per heavy atom. The molecule has 4 heteroatoms. The fourth-order valence-corrected chi connectivity index (χ4v) is 1.54. The SMILES string of the molecule is CN(CCO)c1cncc2cccnc12. The number of aliphatic hydroxyl groups excluding tert-OH is 1. The molecule has 2 aromatic heterocycles. The summed E-state index contributed by atoms with van der Waals surface area (Å²) in [6, 6.07) is 3.87. The van der Waals surface area contributed by atoms with Crippen LogP contribution in [0.25, 0.3) is 10.9 Å². The Balaban J connectivity index is 2.50. The highest BCUT2D eigenvalue weighted by Gasteiger charge is 2.06. The second kappa shape index (κ2) is 4.23. The first-order valence-corrected chi connectivity index (χ1v) is 4.83. The van der Waals surface area contributed by atoms with E-state index in [1.807, 2.05) is 24.1 Å². The third-order valence-electron chi connectivity index (χ3n) is 2.34. The van der Waals surface area contributed by atoms with Crippen molar-refractivity contribution in [2.45, 2.75) is 0 Å². The smallest absolute Gasteiger partial charge is 0.0966 e. The van der Waals surface area contributed by atoms with E-state index in [-0.39, 0.29) is 6.61 Å². The van der Waals surface area contributed by atoms with Gasteiger partial charge in [0.1, 0.15) is 0 Å². The van der Waals surface area contributed by atoms with E-state index >= 15 is 0 Å². The topological polar surface area (TPSA) is 49.2 Å². The molecule has 0 aromatic carbocycles. The van der Waals surface area contributed by atoms with E-state index < -0.39 is 0 Å². The van der Waals surface area contributed by atoms with Gasteiger partial charge in [0, 0.05) is 31.4 Å². The van der Waals surface area contributed by atoms with Crippen LogP contribution in [-0.2, 0) is 0 Å². The summed E-state index contributed by atoms with van der Waals surface area (Å²) in [6.45, 7) is 0.705. The molecule has 15 heavy (non-hydrogen) atoms. The number of fused-ring (bicyclic) bond motifs is 1. The van der Waals surface area contributed by atoms with Gasteiger partial charge in [0.05, 0.1) is 24.0 Å². The number of pyridine rings is 2. The van der Waals surface area contributed by atoms with Crippen molar-refractivity contribution in [3.63, 3.8) is 0 Å². The van der Waals surface area contributed by atoms with Crippen LogP contribution in [0.1, 0.15) is 0 Å². The summed E-state index contributed by atoms with van der Waals surface area (Å²) in [6.07, 6.45) is 5.32. The first-order chi connectivity index (χ1) is 7.33. The van der Waals surface area contributed by atoms with Crippen molar-refractivity contribution in [2.75, 3.05) is 25.1 Å².